The summed E-state index contributed by atoms with van der Waals surface area (Å²) >= 11 is 5.70. The van der Waals surface area contributed by atoms with E-state index in [1.54, 1.807) is 7.11 Å². The van der Waals surface area contributed by atoms with Crippen LogP contribution >= 0.6 is 11.6 Å². The number of aryl methyl sites for hydroxylation is 1. The van der Waals surface area contributed by atoms with Gasteiger partial charge in [0, 0.05) is 27.3 Å². The summed E-state index contributed by atoms with van der Waals surface area (Å²) in [4.78, 5) is 31.1. The van der Waals surface area contributed by atoms with Crippen molar-refractivity contribution >= 4 is 22.8 Å². The molecule has 0 aromatic carbocycles. The highest BCUT2D eigenvalue weighted by Crippen LogP contribution is 2.07. The lowest BCUT2D eigenvalue weighted by Gasteiger charge is -2.07. The van der Waals surface area contributed by atoms with E-state index in [2.05, 4.69) is 9.97 Å². The number of ether oxygens (including phenoxy) is 1. The molecule has 0 aliphatic rings. The van der Waals surface area contributed by atoms with Crippen LogP contribution in [-0.4, -0.2) is 32.8 Å². The van der Waals surface area contributed by atoms with Crippen LogP contribution in [0.5, 0.6) is 0 Å². The Kier molecular flexibility index (Phi) is 4.06. The van der Waals surface area contributed by atoms with E-state index in [9.17, 15) is 9.59 Å². The molecule has 0 fully saturated rings. The zero-order chi connectivity index (χ0) is 14.0. The molecular formula is C11H15ClN4O3. The number of aromatic nitrogens is 4. The number of nitrogens with one attached hydrogen (secondary N) is 1. The van der Waals surface area contributed by atoms with Gasteiger partial charge in [0.25, 0.3) is 5.56 Å². The van der Waals surface area contributed by atoms with E-state index >= 15 is 0 Å². The molecule has 2 heterocycles. The number of fused-ring (bicyclic) bond motifs is 1. The molecule has 2 rings (SSSR count). The van der Waals surface area contributed by atoms with Crippen LogP contribution in [0, 0.1) is 0 Å². The fourth-order valence-corrected chi connectivity index (χ4v) is 2.04. The summed E-state index contributed by atoms with van der Waals surface area (Å²) < 4.78 is 7.48. The highest BCUT2D eigenvalue weighted by atomic mass is 35.5. The van der Waals surface area contributed by atoms with Gasteiger partial charge in [-0.2, -0.15) is 0 Å². The SMILES string of the molecule is COCCCn1c(=O)n(C)c(=O)c2[nH]c(CCl)nc21. The molecule has 0 saturated heterocycles. The van der Waals surface area contributed by atoms with E-state index in [1.165, 1.54) is 11.6 Å². The van der Waals surface area contributed by atoms with E-state index in [0.717, 1.165) is 4.57 Å². The molecule has 2 aromatic heterocycles. The standard InChI is InChI=1S/C11H15ClN4O3/c1-15-10(17)8-9(14-7(6-12)13-8)16(11(15)18)4-3-5-19-2/h3-6H2,1-2H3,(H,13,14). The number of H-pyrrole nitrogens is 1. The van der Waals surface area contributed by atoms with Gasteiger partial charge in [0.05, 0.1) is 5.88 Å². The number of nitrogens with zero attached hydrogens (tertiary/aromatic N) is 3. The summed E-state index contributed by atoms with van der Waals surface area (Å²) in [6.07, 6.45) is 0.660. The van der Waals surface area contributed by atoms with Crippen LogP contribution < -0.4 is 11.2 Å². The fourth-order valence-electron chi connectivity index (χ4n) is 1.91. The zero-order valence-corrected chi connectivity index (χ0v) is 11.5. The first-order chi connectivity index (χ1) is 9.10. The van der Waals surface area contributed by atoms with Crippen LogP contribution in [0.3, 0.4) is 0 Å². The summed E-state index contributed by atoms with van der Waals surface area (Å²) in [5, 5.41) is 0. The number of alkyl halides is 1. The van der Waals surface area contributed by atoms with Crippen LogP contribution in [0.2, 0.25) is 0 Å². The van der Waals surface area contributed by atoms with Gasteiger partial charge in [-0.25, -0.2) is 9.78 Å². The quantitative estimate of drug-likeness (QED) is 0.629. The number of halogens is 1. The second kappa shape index (κ2) is 5.58. The van der Waals surface area contributed by atoms with Crippen molar-refractivity contribution in [3.05, 3.63) is 26.7 Å². The first-order valence-electron chi connectivity index (χ1n) is 5.83. The second-order valence-corrected chi connectivity index (χ2v) is 4.43. The molecule has 0 aliphatic carbocycles. The number of methoxy groups -OCH3 is 1. The van der Waals surface area contributed by atoms with E-state index in [-0.39, 0.29) is 11.6 Å². The molecule has 8 heteroatoms. The summed E-state index contributed by atoms with van der Waals surface area (Å²) in [5.41, 5.74) is -0.136. The summed E-state index contributed by atoms with van der Waals surface area (Å²) in [6.45, 7) is 0.966. The molecule has 0 atom stereocenters. The average Bonchev–Trinajstić information content (AvgIpc) is 2.84. The number of imidazole rings is 1. The number of hydrogen-bond donors (Lipinski definition) is 1. The van der Waals surface area contributed by atoms with Gasteiger partial charge in [-0.1, -0.05) is 0 Å². The molecule has 0 radical (unpaired) electrons. The molecule has 19 heavy (non-hydrogen) atoms. The molecule has 1 N–H and O–H groups in total. The fraction of sp³-hybridized carbons (Fsp3) is 0.545. The molecule has 0 spiro atoms. The Bertz CT molecular complexity index is 700. The minimum absolute atomic E-state index is 0.157. The number of hydrogen-bond acceptors (Lipinski definition) is 4. The zero-order valence-electron chi connectivity index (χ0n) is 10.8. The Labute approximate surface area is 113 Å². The third kappa shape index (κ3) is 2.43. The lowest BCUT2D eigenvalue weighted by atomic mass is 10.4. The maximum Gasteiger partial charge on any atom is 0.332 e. The number of rotatable bonds is 5. The van der Waals surface area contributed by atoms with Crippen molar-refractivity contribution in [2.75, 3.05) is 13.7 Å². The molecule has 0 unspecified atom stereocenters. The first kappa shape index (κ1) is 13.8. The van der Waals surface area contributed by atoms with Crippen molar-refractivity contribution < 1.29 is 4.74 Å². The lowest BCUT2D eigenvalue weighted by Crippen LogP contribution is -2.38. The summed E-state index contributed by atoms with van der Waals surface area (Å²) in [7, 11) is 3.04. The van der Waals surface area contributed by atoms with E-state index in [4.69, 9.17) is 16.3 Å². The van der Waals surface area contributed by atoms with E-state index in [0.29, 0.717) is 36.6 Å². The van der Waals surface area contributed by atoms with Gasteiger partial charge in [0.2, 0.25) is 0 Å². The molecule has 0 saturated carbocycles. The van der Waals surface area contributed by atoms with Crippen LogP contribution in [0.1, 0.15) is 12.2 Å². The van der Waals surface area contributed by atoms with Gasteiger partial charge in [0.15, 0.2) is 5.65 Å². The maximum atomic E-state index is 12.1. The Morgan fingerprint density at radius 1 is 1.42 bits per heavy atom. The monoisotopic (exact) mass is 286 g/mol. The molecule has 104 valence electrons. The maximum absolute atomic E-state index is 12.1. The topological polar surface area (TPSA) is 81.9 Å². The van der Waals surface area contributed by atoms with Gasteiger partial charge in [-0.15, -0.1) is 11.6 Å². The van der Waals surface area contributed by atoms with Gasteiger partial charge in [-0.05, 0) is 6.42 Å². The van der Waals surface area contributed by atoms with E-state index in [1.807, 2.05) is 0 Å². The normalized spacial score (nSPS) is 11.3. The predicted octanol–water partition coefficient (Wildman–Crippen LogP) is 0.199. The molecule has 0 aliphatic heterocycles. The first-order valence-corrected chi connectivity index (χ1v) is 6.37. The van der Waals surface area contributed by atoms with Crippen LogP contribution in [0.25, 0.3) is 11.2 Å². The van der Waals surface area contributed by atoms with Gasteiger partial charge < -0.3 is 9.72 Å². The third-order valence-corrected chi connectivity index (χ3v) is 3.14. The summed E-state index contributed by atoms with van der Waals surface area (Å²) in [5.74, 6) is 0.629. The minimum Gasteiger partial charge on any atom is -0.385 e. The van der Waals surface area contributed by atoms with Crippen molar-refractivity contribution in [3.8, 4) is 0 Å². The highest BCUT2D eigenvalue weighted by Gasteiger charge is 2.14. The van der Waals surface area contributed by atoms with Gasteiger partial charge in [-0.3, -0.25) is 13.9 Å². The molecule has 0 amide bonds. The van der Waals surface area contributed by atoms with Crippen LogP contribution in [0.4, 0.5) is 0 Å². The van der Waals surface area contributed by atoms with Crippen molar-refractivity contribution in [2.24, 2.45) is 7.05 Å². The minimum atomic E-state index is -0.396. The molecule has 2 aromatic rings. The lowest BCUT2D eigenvalue weighted by molar-refractivity contribution is 0.190. The van der Waals surface area contributed by atoms with Crippen LogP contribution in [0.15, 0.2) is 9.59 Å². The van der Waals surface area contributed by atoms with Crippen molar-refractivity contribution in [1.82, 2.24) is 19.1 Å². The van der Waals surface area contributed by atoms with Crippen LogP contribution in [-0.2, 0) is 24.2 Å². The van der Waals surface area contributed by atoms with Gasteiger partial charge >= 0.3 is 5.69 Å². The summed E-state index contributed by atoms with van der Waals surface area (Å²) in [6, 6.07) is 0. The second-order valence-electron chi connectivity index (χ2n) is 4.16. The number of aromatic amines is 1. The third-order valence-electron chi connectivity index (χ3n) is 2.88. The van der Waals surface area contributed by atoms with Crippen molar-refractivity contribution in [3.63, 3.8) is 0 Å². The molecular weight excluding hydrogens is 272 g/mol. The van der Waals surface area contributed by atoms with Crippen molar-refractivity contribution in [1.29, 1.82) is 0 Å². The van der Waals surface area contributed by atoms with Gasteiger partial charge in [0.1, 0.15) is 11.3 Å². The largest absolute Gasteiger partial charge is 0.385 e. The smallest absolute Gasteiger partial charge is 0.332 e. The predicted molar refractivity (Wildman–Crippen MR) is 71.6 cm³/mol. The highest BCUT2D eigenvalue weighted by molar-refractivity contribution is 6.16. The van der Waals surface area contributed by atoms with E-state index < -0.39 is 5.56 Å². The molecule has 7 nitrogen and oxygen atoms in total. The Morgan fingerprint density at radius 2 is 2.16 bits per heavy atom. The molecule has 0 bridgehead atoms. The average molecular weight is 287 g/mol. The van der Waals surface area contributed by atoms with Crippen molar-refractivity contribution in [2.45, 2.75) is 18.8 Å². The Hall–Kier alpha value is -1.60. The Balaban J connectivity index is 2.63. The Morgan fingerprint density at radius 3 is 2.79 bits per heavy atom.